The van der Waals surface area contributed by atoms with Gasteiger partial charge in [-0.2, -0.15) is 5.10 Å². The zero-order valence-corrected chi connectivity index (χ0v) is 23.2. The van der Waals surface area contributed by atoms with Gasteiger partial charge in [0.25, 0.3) is 10.0 Å². The lowest BCUT2D eigenvalue weighted by molar-refractivity contribution is 0.0285. The highest BCUT2D eigenvalue weighted by Gasteiger charge is 2.27. The van der Waals surface area contributed by atoms with Gasteiger partial charge >= 0.3 is 6.09 Å². The molecular weight excluding hydrogens is 519 g/mol. The van der Waals surface area contributed by atoms with E-state index in [-0.39, 0.29) is 22.7 Å². The van der Waals surface area contributed by atoms with Crippen molar-refractivity contribution in [1.29, 1.82) is 0 Å². The van der Waals surface area contributed by atoms with Crippen molar-refractivity contribution in [2.45, 2.75) is 56.7 Å². The molecule has 204 valence electrons. The van der Waals surface area contributed by atoms with E-state index in [1.165, 1.54) is 29.3 Å². The number of aromatic nitrogens is 3. The maximum atomic E-state index is 14.9. The summed E-state index contributed by atoms with van der Waals surface area (Å²) in [5, 5.41) is 4.41. The van der Waals surface area contributed by atoms with Gasteiger partial charge in [-0.15, -0.1) is 0 Å². The summed E-state index contributed by atoms with van der Waals surface area (Å²) in [7, 11) is -2.57. The van der Waals surface area contributed by atoms with E-state index < -0.39 is 27.5 Å². The number of rotatable bonds is 7. The standard InChI is InChI=1S/C29H31FN4O4S/c1-29(2,3)38-28(35)32(4)17-20-14-27(25-10-5-6-11-26(25)30)34(18-20)39(36,37)24-9-7-8-21(15-24)22-16-31-33(19-22)23-12-13-23/h5-11,14-16,18-19,23H,12-13,17H2,1-4H3. The second-order valence-electron chi connectivity index (χ2n) is 10.8. The Morgan fingerprint density at radius 2 is 1.82 bits per heavy atom. The van der Waals surface area contributed by atoms with Crippen molar-refractivity contribution in [3.05, 3.63) is 84.6 Å². The van der Waals surface area contributed by atoms with Gasteiger partial charge in [0.05, 0.1) is 29.4 Å². The first-order chi connectivity index (χ1) is 18.4. The van der Waals surface area contributed by atoms with Gasteiger partial charge in [-0.05, 0) is 75.1 Å². The summed E-state index contributed by atoms with van der Waals surface area (Å²) in [6.07, 6.45) is 6.71. The van der Waals surface area contributed by atoms with Gasteiger partial charge in [0.2, 0.25) is 0 Å². The first-order valence-corrected chi connectivity index (χ1v) is 14.2. The zero-order chi connectivity index (χ0) is 27.9. The minimum atomic E-state index is -4.14. The SMILES string of the molecule is CN(Cc1cc(-c2ccccc2F)n(S(=O)(=O)c2cccc(-c3cnn(C4CC4)c3)c2)c1)C(=O)OC(C)(C)C. The molecule has 0 N–H and O–H groups in total. The van der Waals surface area contributed by atoms with Gasteiger partial charge in [-0.1, -0.05) is 24.3 Å². The smallest absolute Gasteiger partial charge is 0.410 e. The van der Waals surface area contributed by atoms with Crippen LogP contribution < -0.4 is 0 Å². The zero-order valence-electron chi connectivity index (χ0n) is 22.3. The summed E-state index contributed by atoms with van der Waals surface area (Å²) in [6, 6.07) is 14.6. The van der Waals surface area contributed by atoms with Crippen LogP contribution in [-0.2, 0) is 21.3 Å². The highest BCUT2D eigenvalue weighted by molar-refractivity contribution is 7.90. The van der Waals surface area contributed by atoms with Gasteiger partial charge < -0.3 is 9.64 Å². The van der Waals surface area contributed by atoms with Crippen molar-refractivity contribution < 1.29 is 22.3 Å². The number of amides is 1. The molecule has 2 heterocycles. The number of hydrogen-bond donors (Lipinski definition) is 0. The first-order valence-electron chi connectivity index (χ1n) is 12.7. The van der Waals surface area contributed by atoms with Crippen LogP contribution in [0.1, 0.15) is 45.2 Å². The second kappa shape index (κ2) is 10.00. The van der Waals surface area contributed by atoms with Crippen molar-refractivity contribution in [2.75, 3.05) is 7.05 Å². The van der Waals surface area contributed by atoms with Crippen LogP contribution in [0.5, 0.6) is 0 Å². The van der Waals surface area contributed by atoms with Crippen LogP contribution in [0.15, 0.2) is 78.1 Å². The monoisotopic (exact) mass is 550 g/mol. The molecule has 5 rings (SSSR count). The molecular formula is C29H31FN4O4S. The van der Waals surface area contributed by atoms with Crippen LogP contribution in [0.25, 0.3) is 22.4 Å². The molecule has 1 amide bonds. The quantitative estimate of drug-likeness (QED) is 0.278. The number of benzene rings is 2. The average molecular weight is 551 g/mol. The van der Waals surface area contributed by atoms with Gasteiger partial charge in [-0.25, -0.2) is 21.6 Å². The molecule has 0 unspecified atom stereocenters. The van der Waals surface area contributed by atoms with E-state index in [0.717, 1.165) is 22.4 Å². The molecule has 2 aromatic carbocycles. The predicted molar refractivity (Wildman–Crippen MR) is 146 cm³/mol. The van der Waals surface area contributed by atoms with Crippen molar-refractivity contribution in [3.63, 3.8) is 0 Å². The lowest BCUT2D eigenvalue weighted by atomic mass is 10.1. The normalized spacial score (nSPS) is 13.9. The highest BCUT2D eigenvalue weighted by atomic mass is 32.2. The molecule has 1 aliphatic rings. The minimum absolute atomic E-state index is 0.0550. The topological polar surface area (TPSA) is 86.4 Å². The lowest BCUT2D eigenvalue weighted by Gasteiger charge is -2.24. The van der Waals surface area contributed by atoms with Gasteiger partial charge in [0.15, 0.2) is 0 Å². The Hall–Kier alpha value is -3.92. The van der Waals surface area contributed by atoms with Gasteiger partial charge in [0, 0.05) is 30.6 Å². The molecule has 39 heavy (non-hydrogen) atoms. The minimum Gasteiger partial charge on any atom is -0.444 e. The van der Waals surface area contributed by atoms with Crippen molar-refractivity contribution in [1.82, 2.24) is 18.7 Å². The summed E-state index contributed by atoms with van der Waals surface area (Å²) < 4.78 is 51.3. The molecule has 0 radical (unpaired) electrons. The highest BCUT2D eigenvalue weighted by Crippen LogP contribution is 2.36. The molecule has 1 aliphatic carbocycles. The summed E-state index contributed by atoms with van der Waals surface area (Å²) in [6.45, 7) is 5.37. The fourth-order valence-corrected chi connectivity index (χ4v) is 5.74. The third-order valence-corrected chi connectivity index (χ3v) is 8.03. The van der Waals surface area contributed by atoms with E-state index >= 15 is 0 Å². The summed E-state index contributed by atoms with van der Waals surface area (Å²) in [5.41, 5.74) is 1.65. The Morgan fingerprint density at radius 1 is 1.08 bits per heavy atom. The molecule has 1 saturated carbocycles. The summed E-state index contributed by atoms with van der Waals surface area (Å²) >= 11 is 0. The number of carbonyl (C=O) groups excluding carboxylic acids is 1. The molecule has 0 saturated heterocycles. The van der Waals surface area contributed by atoms with Crippen molar-refractivity contribution in [3.8, 4) is 22.4 Å². The maximum absolute atomic E-state index is 14.9. The Labute approximate surface area is 227 Å². The number of carbonyl (C=O) groups is 1. The third-order valence-electron chi connectivity index (χ3n) is 6.36. The summed E-state index contributed by atoms with van der Waals surface area (Å²) in [4.78, 5) is 13.9. The molecule has 1 fully saturated rings. The number of ether oxygens (including phenoxy) is 1. The van der Waals surface area contributed by atoms with E-state index in [2.05, 4.69) is 5.10 Å². The number of hydrogen-bond acceptors (Lipinski definition) is 5. The van der Waals surface area contributed by atoms with E-state index in [0.29, 0.717) is 17.2 Å². The van der Waals surface area contributed by atoms with E-state index in [1.54, 1.807) is 64.3 Å². The molecule has 8 nitrogen and oxygen atoms in total. The number of halogens is 1. The Kier molecular flexibility index (Phi) is 6.84. The van der Waals surface area contributed by atoms with Crippen LogP contribution in [0.3, 0.4) is 0 Å². The average Bonchev–Trinajstić information content (AvgIpc) is 3.45. The van der Waals surface area contributed by atoms with E-state index in [1.807, 2.05) is 16.9 Å². The van der Waals surface area contributed by atoms with Gasteiger partial charge in [0.1, 0.15) is 11.4 Å². The van der Waals surface area contributed by atoms with Crippen LogP contribution in [-0.4, -0.2) is 45.8 Å². The molecule has 0 spiro atoms. The first kappa shape index (κ1) is 26.7. The fourth-order valence-electron chi connectivity index (χ4n) is 4.30. The molecule has 4 aromatic rings. The fraction of sp³-hybridized carbons (Fsp3) is 0.310. The molecule has 10 heteroatoms. The summed E-state index contributed by atoms with van der Waals surface area (Å²) in [5.74, 6) is -0.555. The third kappa shape index (κ3) is 5.75. The largest absolute Gasteiger partial charge is 0.444 e. The molecule has 0 aliphatic heterocycles. The van der Waals surface area contributed by atoms with E-state index in [4.69, 9.17) is 4.74 Å². The van der Waals surface area contributed by atoms with Crippen LogP contribution in [0.2, 0.25) is 0 Å². The maximum Gasteiger partial charge on any atom is 0.410 e. The van der Waals surface area contributed by atoms with Crippen LogP contribution in [0.4, 0.5) is 9.18 Å². The van der Waals surface area contributed by atoms with Crippen LogP contribution >= 0.6 is 0 Å². The Morgan fingerprint density at radius 3 is 2.51 bits per heavy atom. The van der Waals surface area contributed by atoms with Gasteiger partial charge in [-0.3, -0.25) is 4.68 Å². The Bertz CT molecular complexity index is 1630. The predicted octanol–water partition coefficient (Wildman–Crippen LogP) is 6.10. The number of nitrogens with zero attached hydrogens (tertiary/aromatic N) is 4. The molecule has 2 aromatic heterocycles. The second-order valence-corrected chi connectivity index (χ2v) is 12.6. The van der Waals surface area contributed by atoms with Crippen molar-refractivity contribution in [2.24, 2.45) is 0 Å². The molecule has 0 bridgehead atoms. The lowest BCUT2D eigenvalue weighted by Crippen LogP contribution is -2.33. The van der Waals surface area contributed by atoms with E-state index in [9.17, 15) is 17.6 Å². The van der Waals surface area contributed by atoms with Crippen molar-refractivity contribution >= 4 is 16.1 Å². The van der Waals surface area contributed by atoms with Crippen LogP contribution in [0, 0.1) is 5.82 Å². The Balaban J connectivity index is 1.53. The molecule has 0 atom stereocenters.